The summed E-state index contributed by atoms with van der Waals surface area (Å²) in [6.45, 7) is 7.15. The lowest BCUT2D eigenvalue weighted by Gasteiger charge is -2.30. The molecule has 0 aliphatic carbocycles. The van der Waals surface area contributed by atoms with E-state index in [1.165, 1.54) is 57.8 Å². The topological polar surface area (TPSA) is 61.7 Å². The zero-order valence-electron chi connectivity index (χ0n) is 14.9. The Kier molecular flexibility index (Phi) is 10.9. The highest BCUT2D eigenvalue weighted by molar-refractivity contribution is 5.68. The molecule has 5 heteroatoms. The molecule has 0 aromatic heterocycles. The molecule has 1 aliphatic heterocycles. The van der Waals surface area contributed by atoms with Gasteiger partial charge < -0.3 is 10.4 Å². The van der Waals surface area contributed by atoms with Crippen molar-refractivity contribution in [3.05, 3.63) is 0 Å². The van der Waals surface area contributed by atoms with Gasteiger partial charge in [0.2, 0.25) is 0 Å². The number of hydrogen-bond donors (Lipinski definition) is 2. The molecule has 1 unspecified atom stereocenters. The highest BCUT2D eigenvalue weighted by Gasteiger charge is 2.28. The lowest BCUT2D eigenvalue weighted by Crippen LogP contribution is -2.50. The Hall–Kier alpha value is -0.940. The van der Waals surface area contributed by atoms with Crippen molar-refractivity contribution >= 4 is 12.3 Å². The first kappa shape index (κ1) is 20.1. The van der Waals surface area contributed by atoms with Crippen LogP contribution in [0.15, 0.2) is 4.99 Å². The third kappa shape index (κ3) is 9.72. The molecular formula is C18H36N3O2+. The van der Waals surface area contributed by atoms with E-state index in [-0.39, 0.29) is 6.54 Å². The van der Waals surface area contributed by atoms with Crippen LogP contribution >= 0.6 is 0 Å². The molecule has 0 bridgehead atoms. The average molecular weight is 327 g/mol. The quantitative estimate of drug-likeness (QED) is 0.359. The molecule has 2 N–H and O–H groups in total. The van der Waals surface area contributed by atoms with Crippen molar-refractivity contribution in [2.75, 3.05) is 39.3 Å². The third-order valence-corrected chi connectivity index (χ3v) is 4.72. The first-order chi connectivity index (χ1) is 11.2. The maximum Gasteiger partial charge on any atom is 0.317 e. The van der Waals surface area contributed by atoms with Crippen molar-refractivity contribution in [1.82, 2.24) is 5.32 Å². The summed E-state index contributed by atoms with van der Waals surface area (Å²) in [4.78, 5) is 14.9. The van der Waals surface area contributed by atoms with Crippen LogP contribution in [0.25, 0.3) is 0 Å². The number of carboxylic acid groups (broad SMARTS) is 1. The molecule has 0 fully saturated rings. The van der Waals surface area contributed by atoms with Gasteiger partial charge in [-0.3, -0.25) is 9.28 Å². The first-order valence-electron chi connectivity index (χ1n) is 9.48. The Morgan fingerprint density at radius 2 is 1.74 bits per heavy atom. The molecule has 134 valence electrons. The Bertz CT molecular complexity index is 347. The van der Waals surface area contributed by atoms with Crippen molar-refractivity contribution in [2.24, 2.45) is 4.99 Å². The number of rotatable bonds is 15. The molecule has 0 aromatic carbocycles. The van der Waals surface area contributed by atoms with Crippen LogP contribution in [0, 0.1) is 0 Å². The van der Waals surface area contributed by atoms with Crippen molar-refractivity contribution in [2.45, 2.75) is 64.7 Å². The van der Waals surface area contributed by atoms with Crippen molar-refractivity contribution in [3.63, 3.8) is 0 Å². The van der Waals surface area contributed by atoms with Gasteiger partial charge in [0, 0.05) is 6.54 Å². The Morgan fingerprint density at radius 3 is 2.30 bits per heavy atom. The van der Waals surface area contributed by atoms with Gasteiger partial charge in [0.15, 0.2) is 6.34 Å². The van der Waals surface area contributed by atoms with Crippen LogP contribution in [0.2, 0.25) is 0 Å². The SMILES string of the molecule is CCCCCCCCCCC[N+]1(CCNCC(=O)O)C=NCC1. The van der Waals surface area contributed by atoms with Crippen LogP contribution in [-0.4, -0.2) is 61.2 Å². The Balaban J connectivity index is 2.06. The summed E-state index contributed by atoms with van der Waals surface area (Å²) in [7, 11) is 0. The summed E-state index contributed by atoms with van der Waals surface area (Å²) >= 11 is 0. The van der Waals surface area contributed by atoms with Gasteiger partial charge in [-0.05, 0) is 12.8 Å². The molecule has 0 radical (unpaired) electrons. The van der Waals surface area contributed by atoms with Crippen LogP contribution < -0.4 is 5.32 Å². The highest BCUT2D eigenvalue weighted by atomic mass is 16.4. The summed E-state index contributed by atoms with van der Waals surface area (Å²) in [6.07, 6.45) is 14.3. The van der Waals surface area contributed by atoms with Gasteiger partial charge in [0.1, 0.15) is 6.54 Å². The van der Waals surface area contributed by atoms with Gasteiger partial charge in [-0.2, -0.15) is 0 Å². The Labute approximate surface area is 141 Å². The number of nitrogens with zero attached hydrogens (tertiary/aromatic N) is 2. The summed E-state index contributed by atoms with van der Waals surface area (Å²) in [5, 5.41) is 11.7. The van der Waals surface area contributed by atoms with E-state index in [1.807, 2.05) is 0 Å². The van der Waals surface area contributed by atoms with Gasteiger partial charge in [-0.25, -0.2) is 4.99 Å². The smallest absolute Gasteiger partial charge is 0.317 e. The number of aliphatic imine (C=N–C) groups is 1. The normalized spacial score (nSPS) is 20.2. The molecule has 5 nitrogen and oxygen atoms in total. The zero-order valence-corrected chi connectivity index (χ0v) is 14.9. The van der Waals surface area contributed by atoms with Gasteiger partial charge >= 0.3 is 5.97 Å². The van der Waals surface area contributed by atoms with Crippen LogP contribution in [0.4, 0.5) is 0 Å². The number of unbranched alkanes of at least 4 members (excludes halogenated alkanes) is 8. The van der Waals surface area contributed by atoms with E-state index >= 15 is 0 Å². The fourth-order valence-electron chi connectivity index (χ4n) is 3.23. The van der Waals surface area contributed by atoms with E-state index in [4.69, 9.17) is 5.11 Å². The van der Waals surface area contributed by atoms with Crippen LogP contribution in [0.5, 0.6) is 0 Å². The third-order valence-electron chi connectivity index (χ3n) is 4.72. The van der Waals surface area contributed by atoms with Crippen molar-refractivity contribution in [3.8, 4) is 0 Å². The minimum atomic E-state index is -0.787. The average Bonchev–Trinajstić information content (AvgIpc) is 2.99. The minimum absolute atomic E-state index is 0.0508. The molecule has 0 saturated carbocycles. The molecule has 0 amide bonds. The lowest BCUT2D eigenvalue weighted by molar-refractivity contribution is -0.827. The lowest BCUT2D eigenvalue weighted by atomic mass is 10.1. The monoisotopic (exact) mass is 326 g/mol. The molecule has 1 aliphatic rings. The van der Waals surface area contributed by atoms with Crippen LogP contribution in [0.3, 0.4) is 0 Å². The fraction of sp³-hybridized carbons (Fsp3) is 0.889. The van der Waals surface area contributed by atoms with Gasteiger partial charge in [0.25, 0.3) is 0 Å². The van der Waals surface area contributed by atoms with E-state index in [0.717, 1.165) is 37.2 Å². The van der Waals surface area contributed by atoms with Crippen LogP contribution in [0.1, 0.15) is 64.7 Å². The second kappa shape index (κ2) is 12.5. The molecule has 23 heavy (non-hydrogen) atoms. The maximum atomic E-state index is 10.5. The maximum absolute atomic E-state index is 10.5. The molecule has 0 spiro atoms. The summed E-state index contributed by atoms with van der Waals surface area (Å²) in [6, 6.07) is 0. The number of aliphatic carboxylic acids is 1. The molecular weight excluding hydrogens is 290 g/mol. The molecule has 0 saturated heterocycles. The van der Waals surface area contributed by atoms with E-state index in [1.54, 1.807) is 0 Å². The number of hydrogen-bond acceptors (Lipinski definition) is 3. The first-order valence-corrected chi connectivity index (χ1v) is 9.48. The van der Waals surface area contributed by atoms with E-state index in [2.05, 4.69) is 23.6 Å². The van der Waals surface area contributed by atoms with E-state index < -0.39 is 5.97 Å². The number of carboxylic acids is 1. The minimum Gasteiger partial charge on any atom is -0.480 e. The standard InChI is InChI=1S/C18H35N3O2/c1-2-3-4-5-6-7-8-9-10-13-21(15-12-20-17-21)14-11-19-16-18(22)23/h17,19H,2-16H2,1H3/p+1. The van der Waals surface area contributed by atoms with E-state index in [9.17, 15) is 4.79 Å². The Morgan fingerprint density at radius 1 is 1.09 bits per heavy atom. The predicted octanol–water partition coefficient (Wildman–Crippen LogP) is 3.05. The zero-order chi connectivity index (χ0) is 16.8. The van der Waals surface area contributed by atoms with Gasteiger partial charge in [-0.15, -0.1) is 0 Å². The van der Waals surface area contributed by atoms with Crippen molar-refractivity contribution in [1.29, 1.82) is 0 Å². The molecule has 1 atom stereocenters. The largest absolute Gasteiger partial charge is 0.480 e. The van der Waals surface area contributed by atoms with Gasteiger partial charge in [0.05, 0.1) is 26.2 Å². The molecule has 1 rings (SSSR count). The summed E-state index contributed by atoms with van der Waals surface area (Å²) < 4.78 is 0.934. The van der Waals surface area contributed by atoms with Gasteiger partial charge in [-0.1, -0.05) is 51.9 Å². The summed E-state index contributed by atoms with van der Waals surface area (Å²) in [5.41, 5.74) is 0. The second-order valence-electron chi connectivity index (χ2n) is 6.81. The number of nitrogens with one attached hydrogen (secondary N) is 1. The molecule has 1 heterocycles. The number of carbonyl (C=O) groups is 1. The second-order valence-corrected chi connectivity index (χ2v) is 6.81. The number of quaternary nitrogens is 1. The van der Waals surface area contributed by atoms with E-state index in [0.29, 0.717) is 0 Å². The highest BCUT2D eigenvalue weighted by Crippen LogP contribution is 2.14. The van der Waals surface area contributed by atoms with Crippen LogP contribution in [-0.2, 0) is 4.79 Å². The summed E-state index contributed by atoms with van der Waals surface area (Å²) in [5.74, 6) is -0.787. The fourth-order valence-corrected chi connectivity index (χ4v) is 3.23. The van der Waals surface area contributed by atoms with Crippen molar-refractivity contribution < 1.29 is 14.4 Å². The predicted molar refractivity (Wildman–Crippen MR) is 96.0 cm³/mol. The molecule has 0 aromatic rings.